The van der Waals surface area contributed by atoms with Crippen LogP contribution in [-0.2, 0) is 4.79 Å². The number of imidazole rings is 1. The van der Waals surface area contributed by atoms with Crippen LogP contribution in [0.2, 0.25) is 0 Å². The molecule has 0 spiro atoms. The Morgan fingerprint density at radius 3 is 2.40 bits per heavy atom. The Morgan fingerprint density at radius 2 is 1.80 bits per heavy atom. The zero-order valence-electron chi connectivity index (χ0n) is 18.6. The summed E-state index contributed by atoms with van der Waals surface area (Å²) in [5.41, 5.74) is 3.88. The molecular weight excluding hydrogens is 378 g/mol. The minimum atomic E-state index is -0.204. The van der Waals surface area contributed by atoms with Gasteiger partial charge in [0.05, 0.1) is 19.9 Å². The first kappa shape index (κ1) is 21.7. The normalized spacial score (nSPS) is 13.3. The Labute approximate surface area is 178 Å². The van der Waals surface area contributed by atoms with Gasteiger partial charge in [-0.3, -0.25) is 4.79 Å². The van der Waals surface area contributed by atoms with E-state index in [0.717, 1.165) is 22.5 Å². The summed E-state index contributed by atoms with van der Waals surface area (Å²) in [4.78, 5) is 17.6. The highest BCUT2D eigenvalue weighted by atomic mass is 16.5. The molecule has 3 aromatic rings. The molecule has 3 rings (SSSR count). The van der Waals surface area contributed by atoms with Gasteiger partial charge in [-0.1, -0.05) is 19.9 Å². The van der Waals surface area contributed by atoms with Crippen LogP contribution in [-0.4, -0.2) is 35.6 Å². The van der Waals surface area contributed by atoms with E-state index >= 15 is 0 Å². The zero-order chi connectivity index (χ0) is 21.8. The van der Waals surface area contributed by atoms with Gasteiger partial charge in [0.1, 0.15) is 17.1 Å². The fraction of sp³-hybridized carbons (Fsp3) is 0.417. The summed E-state index contributed by atoms with van der Waals surface area (Å²) in [5.74, 6) is 1.55. The second-order valence-corrected chi connectivity index (χ2v) is 8.07. The Bertz CT molecular complexity index is 1000. The predicted octanol–water partition coefficient (Wildman–Crippen LogP) is 4.34. The van der Waals surface area contributed by atoms with Crippen LogP contribution in [0.3, 0.4) is 0 Å². The number of carbonyl (C=O) groups excluding carboxylic acids is 1. The smallest absolute Gasteiger partial charge is 0.221 e. The minimum absolute atomic E-state index is 0.00518. The quantitative estimate of drug-likeness (QED) is 0.601. The fourth-order valence-electron chi connectivity index (χ4n) is 3.52. The van der Waals surface area contributed by atoms with E-state index in [1.54, 1.807) is 14.2 Å². The van der Waals surface area contributed by atoms with Gasteiger partial charge in [-0.2, -0.15) is 0 Å². The summed E-state index contributed by atoms with van der Waals surface area (Å²) in [6.07, 6.45) is 4.15. The Kier molecular flexibility index (Phi) is 6.65. The van der Waals surface area contributed by atoms with Gasteiger partial charge < -0.3 is 19.2 Å². The van der Waals surface area contributed by atoms with Crippen LogP contribution in [0.5, 0.6) is 11.5 Å². The lowest BCUT2D eigenvalue weighted by atomic mass is 9.91. The molecule has 0 saturated heterocycles. The van der Waals surface area contributed by atoms with Crippen LogP contribution in [0, 0.1) is 12.8 Å². The molecule has 160 valence electrons. The van der Waals surface area contributed by atoms with Crippen molar-refractivity contribution in [1.29, 1.82) is 0 Å². The van der Waals surface area contributed by atoms with Crippen molar-refractivity contribution in [3.05, 3.63) is 59.5 Å². The molecule has 6 nitrogen and oxygen atoms in total. The van der Waals surface area contributed by atoms with E-state index in [1.807, 2.05) is 56.6 Å². The van der Waals surface area contributed by atoms with Gasteiger partial charge in [-0.05, 0) is 49.1 Å². The Balaban J connectivity index is 2.07. The number of nitrogens with one attached hydrogen (secondary N) is 1. The second-order valence-electron chi connectivity index (χ2n) is 8.07. The average Bonchev–Trinajstić information content (AvgIpc) is 3.16. The van der Waals surface area contributed by atoms with Crippen molar-refractivity contribution in [2.45, 2.75) is 46.1 Å². The van der Waals surface area contributed by atoms with Crippen molar-refractivity contribution >= 4 is 11.6 Å². The van der Waals surface area contributed by atoms with E-state index < -0.39 is 0 Å². The summed E-state index contributed by atoms with van der Waals surface area (Å²) in [7, 11) is 3.25. The van der Waals surface area contributed by atoms with E-state index in [2.05, 4.69) is 28.5 Å². The standard InChI is InChI=1S/C24H31N3O3/c1-15(2)17(4)26-23(28)13-21(18-10-19(29-5)12-20(11-18)30-6)22-14-25-24-16(3)8-7-9-27(22)24/h7-12,14-15,17,21H,13H2,1-6H3,(H,26,28). The number of methoxy groups -OCH3 is 2. The number of pyridine rings is 1. The zero-order valence-corrected chi connectivity index (χ0v) is 18.6. The van der Waals surface area contributed by atoms with Gasteiger partial charge in [0.2, 0.25) is 5.91 Å². The van der Waals surface area contributed by atoms with Crippen molar-refractivity contribution in [2.75, 3.05) is 14.2 Å². The van der Waals surface area contributed by atoms with Crippen LogP contribution in [0.1, 0.15) is 49.9 Å². The number of carbonyl (C=O) groups is 1. The molecule has 2 aromatic heterocycles. The summed E-state index contributed by atoms with van der Waals surface area (Å²) in [5, 5.41) is 3.13. The molecule has 0 fully saturated rings. The summed E-state index contributed by atoms with van der Waals surface area (Å²) in [6.45, 7) is 8.27. The molecule has 2 heterocycles. The maximum Gasteiger partial charge on any atom is 0.221 e. The van der Waals surface area contributed by atoms with Gasteiger partial charge in [0, 0.05) is 36.8 Å². The highest BCUT2D eigenvalue weighted by Crippen LogP contribution is 2.34. The molecule has 1 N–H and O–H groups in total. The molecule has 2 unspecified atom stereocenters. The topological polar surface area (TPSA) is 64.9 Å². The van der Waals surface area contributed by atoms with E-state index in [4.69, 9.17) is 9.47 Å². The van der Waals surface area contributed by atoms with Crippen LogP contribution in [0.4, 0.5) is 0 Å². The first-order chi connectivity index (χ1) is 14.3. The number of aryl methyl sites for hydroxylation is 1. The second kappa shape index (κ2) is 9.20. The molecular formula is C24H31N3O3. The summed E-state index contributed by atoms with van der Waals surface area (Å²) < 4.78 is 13.0. The van der Waals surface area contributed by atoms with Crippen LogP contribution in [0.25, 0.3) is 5.65 Å². The predicted molar refractivity (Wildman–Crippen MR) is 118 cm³/mol. The lowest BCUT2D eigenvalue weighted by Gasteiger charge is -2.22. The van der Waals surface area contributed by atoms with Crippen molar-refractivity contribution in [3.8, 4) is 11.5 Å². The van der Waals surface area contributed by atoms with Gasteiger partial charge in [0.25, 0.3) is 0 Å². The third kappa shape index (κ3) is 4.58. The monoisotopic (exact) mass is 409 g/mol. The van der Waals surface area contributed by atoms with Crippen LogP contribution in [0.15, 0.2) is 42.7 Å². The molecule has 0 aliphatic carbocycles. The Hall–Kier alpha value is -3.02. The average molecular weight is 410 g/mol. The molecule has 1 amide bonds. The molecule has 0 aliphatic heterocycles. The first-order valence-electron chi connectivity index (χ1n) is 10.3. The number of benzene rings is 1. The lowest BCUT2D eigenvalue weighted by Crippen LogP contribution is -2.36. The largest absolute Gasteiger partial charge is 0.497 e. The molecule has 1 aromatic carbocycles. The fourth-order valence-corrected chi connectivity index (χ4v) is 3.52. The number of fused-ring (bicyclic) bond motifs is 1. The van der Waals surface area contributed by atoms with Crippen LogP contribution < -0.4 is 14.8 Å². The van der Waals surface area contributed by atoms with Crippen molar-refractivity contribution < 1.29 is 14.3 Å². The van der Waals surface area contributed by atoms with Crippen molar-refractivity contribution in [1.82, 2.24) is 14.7 Å². The molecule has 0 aliphatic rings. The number of hydrogen-bond donors (Lipinski definition) is 1. The highest BCUT2D eigenvalue weighted by molar-refractivity contribution is 5.78. The third-order valence-electron chi connectivity index (χ3n) is 5.67. The SMILES string of the molecule is COc1cc(OC)cc(C(CC(=O)NC(C)C(C)C)c2cnc3c(C)cccn23)c1. The van der Waals surface area contributed by atoms with E-state index in [9.17, 15) is 4.79 Å². The number of nitrogens with zero attached hydrogens (tertiary/aromatic N) is 2. The molecule has 0 radical (unpaired) electrons. The Morgan fingerprint density at radius 1 is 1.13 bits per heavy atom. The molecule has 6 heteroatoms. The summed E-state index contributed by atoms with van der Waals surface area (Å²) >= 11 is 0. The van der Waals surface area contributed by atoms with E-state index in [0.29, 0.717) is 23.8 Å². The summed E-state index contributed by atoms with van der Waals surface area (Å²) in [6, 6.07) is 9.88. The molecule has 0 saturated carbocycles. The lowest BCUT2D eigenvalue weighted by molar-refractivity contribution is -0.122. The molecule has 0 bridgehead atoms. The first-order valence-corrected chi connectivity index (χ1v) is 10.3. The van der Waals surface area contributed by atoms with Gasteiger partial charge >= 0.3 is 0 Å². The maximum absolute atomic E-state index is 12.9. The third-order valence-corrected chi connectivity index (χ3v) is 5.67. The maximum atomic E-state index is 12.9. The van der Waals surface area contributed by atoms with Gasteiger partial charge in [-0.25, -0.2) is 4.98 Å². The number of rotatable bonds is 8. The van der Waals surface area contributed by atoms with Gasteiger partial charge in [0.15, 0.2) is 0 Å². The van der Waals surface area contributed by atoms with Crippen molar-refractivity contribution in [3.63, 3.8) is 0 Å². The molecule has 30 heavy (non-hydrogen) atoms. The van der Waals surface area contributed by atoms with Crippen molar-refractivity contribution in [2.24, 2.45) is 5.92 Å². The highest BCUT2D eigenvalue weighted by Gasteiger charge is 2.24. The van der Waals surface area contributed by atoms with Crippen LogP contribution >= 0.6 is 0 Å². The molecule has 2 atom stereocenters. The number of ether oxygens (including phenoxy) is 2. The van der Waals surface area contributed by atoms with E-state index in [-0.39, 0.29) is 17.9 Å². The van der Waals surface area contributed by atoms with Gasteiger partial charge in [-0.15, -0.1) is 0 Å². The number of amides is 1. The van der Waals surface area contributed by atoms with E-state index in [1.165, 1.54) is 0 Å². The number of hydrogen-bond acceptors (Lipinski definition) is 4. The minimum Gasteiger partial charge on any atom is -0.497 e. The number of aromatic nitrogens is 2.